The zero-order valence-corrected chi connectivity index (χ0v) is 16.2. The first kappa shape index (κ1) is 20.2. The van der Waals surface area contributed by atoms with Crippen LogP contribution in [0.1, 0.15) is 53.0 Å². The van der Waals surface area contributed by atoms with Gasteiger partial charge < -0.3 is 9.84 Å². The number of aliphatic carboxylic acids is 1. The third kappa shape index (κ3) is 4.97. The first-order valence-corrected chi connectivity index (χ1v) is 8.99. The quantitative estimate of drug-likeness (QED) is 0.854. The molecule has 1 amide bonds. The summed E-state index contributed by atoms with van der Waals surface area (Å²) in [5.41, 5.74) is -0.435. The summed E-state index contributed by atoms with van der Waals surface area (Å²) in [5, 5.41) is 10.7. The third-order valence-electron chi connectivity index (χ3n) is 4.23. The summed E-state index contributed by atoms with van der Waals surface area (Å²) in [7, 11) is 0. The van der Waals surface area contributed by atoms with Gasteiger partial charge in [-0.2, -0.15) is 5.06 Å². The average molecular weight is 363 g/mol. The van der Waals surface area contributed by atoms with Gasteiger partial charge in [0, 0.05) is 6.42 Å². The van der Waals surface area contributed by atoms with Crippen LogP contribution in [0, 0.1) is 5.92 Å². The number of carbonyl (C=O) groups excluding carboxylic acids is 1. The van der Waals surface area contributed by atoms with Gasteiger partial charge in [-0.05, 0) is 45.1 Å². The normalized spacial score (nSPS) is 23.3. The Bertz CT molecular complexity index is 637. The van der Waals surface area contributed by atoms with Gasteiger partial charge in [0.25, 0.3) is 0 Å². The molecule has 1 saturated heterocycles. The summed E-state index contributed by atoms with van der Waals surface area (Å²) in [6.07, 6.45) is -0.350. The van der Waals surface area contributed by atoms with E-state index in [1.807, 2.05) is 44.2 Å². The minimum Gasteiger partial charge on any atom is -0.479 e. The topological polar surface area (TPSA) is 76.1 Å². The molecule has 1 heterocycles. The average Bonchev–Trinajstić information content (AvgIpc) is 2.85. The molecule has 144 valence electrons. The summed E-state index contributed by atoms with van der Waals surface area (Å²) in [6.45, 7) is 9.42. The minimum atomic E-state index is -1.07. The van der Waals surface area contributed by atoms with E-state index in [0.29, 0.717) is 12.8 Å². The molecule has 0 unspecified atom stereocenters. The molecule has 0 bridgehead atoms. The van der Waals surface area contributed by atoms with Crippen LogP contribution in [0.25, 0.3) is 0 Å². The molecule has 0 spiro atoms. The first-order valence-electron chi connectivity index (χ1n) is 8.99. The largest absolute Gasteiger partial charge is 0.479 e. The summed E-state index contributed by atoms with van der Waals surface area (Å²) < 4.78 is 5.49. The van der Waals surface area contributed by atoms with Crippen molar-refractivity contribution in [2.24, 2.45) is 5.92 Å². The van der Waals surface area contributed by atoms with Crippen molar-refractivity contribution in [2.75, 3.05) is 0 Å². The maximum Gasteiger partial charge on any atom is 0.435 e. The van der Waals surface area contributed by atoms with Gasteiger partial charge in [-0.3, -0.25) is 4.84 Å². The van der Waals surface area contributed by atoms with Gasteiger partial charge in [-0.15, -0.1) is 0 Å². The second kappa shape index (κ2) is 7.66. The maximum absolute atomic E-state index is 12.8. The molecule has 1 aromatic carbocycles. The zero-order chi connectivity index (χ0) is 19.5. The van der Waals surface area contributed by atoms with Crippen molar-refractivity contribution < 1.29 is 24.3 Å². The number of hydrogen-bond donors (Lipinski definition) is 1. The van der Waals surface area contributed by atoms with Crippen molar-refractivity contribution in [1.82, 2.24) is 5.06 Å². The molecule has 0 aliphatic carbocycles. The number of ether oxygens (including phenoxy) is 1. The van der Waals surface area contributed by atoms with Crippen molar-refractivity contribution in [1.29, 1.82) is 0 Å². The lowest BCUT2D eigenvalue weighted by Crippen LogP contribution is -2.50. The van der Waals surface area contributed by atoms with E-state index in [9.17, 15) is 14.7 Å². The Morgan fingerprint density at radius 2 is 1.92 bits per heavy atom. The molecule has 0 aromatic heterocycles. The smallest absolute Gasteiger partial charge is 0.435 e. The molecule has 2 atom stereocenters. The fourth-order valence-electron chi connectivity index (χ4n) is 3.49. The Hall–Kier alpha value is -2.08. The van der Waals surface area contributed by atoms with Crippen LogP contribution in [0.5, 0.6) is 0 Å². The molecule has 26 heavy (non-hydrogen) atoms. The highest BCUT2D eigenvalue weighted by atomic mass is 16.8. The molecule has 0 saturated carbocycles. The standard InChI is InChI=1S/C20H29NO5/c1-14(2)11-20(12-15-9-7-6-8-10-15)13-16(17(22)23)26-21(20)18(24)25-19(3,4)5/h6-10,14,16H,11-13H2,1-5H3,(H,22,23)/t16-,20+/m1/s1. The van der Waals surface area contributed by atoms with E-state index < -0.39 is 29.3 Å². The molecule has 0 radical (unpaired) electrons. The molecule has 1 aromatic rings. The summed E-state index contributed by atoms with van der Waals surface area (Å²) in [4.78, 5) is 30.0. The number of hydroxylamine groups is 2. The van der Waals surface area contributed by atoms with Crippen molar-refractivity contribution in [3.63, 3.8) is 0 Å². The number of carboxylic acid groups (broad SMARTS) is 1. The third-order valence-corrected chi connectivity index (χ3v) is 4.23. The number of amides is 1. The van der Waals surface area contributed by atoms with Gasteiger partial charge in [0.05, 0.1) is 5.54 Å². The number of hydrogen-bond acceptors (Lipinski definition) is 4. The van der Waals surface area contributed by atoms with Crippen molar-refractivity contribution >= 4 is 12.1 Å². The van der Waals surface area contributed by atoms with Crippen LogP contribution < -0.4 is 0 Å². The Kier molecular flexibility index (Phi) is 5.96. The second-order valence-electron chi connectivity index (χ2n) is 8.40. The molecular formula is C20H29NO5. The van der Waals surface area contributed by atoms with E-state index in [4.69, 9.17) is 9.57 Å². The predicted octanol–water partition coefficient (Wildman–Crippen LogP) is 4.04. The monoisotopic (exact) mass is 363 g/mol. The number of carbonyl (C=O) groups is 2. The van der Waals surface area contributed by atoms with Crippen molar-refractivity contribution in [3.05, 3.63) is 35.9 Å². The van der Waals surface area contributed by atoms with Crippen molar-refractivity contribution in [3.8, 4) is 0 Å². The van der Waals surface area contributed by atoms with Crippen LogP contribution in [-0.4, -0.2) is 39.5 Å². The fraction of sp³-hybridized carbons (Fsp3) is 0.600. The second-order valence-corrected chi connectivity index (χ2v) is 8.40. The van der Waals surface area contributed by atoms with E-state index in [-0.39, 0.29) is 12.3 Å². The molecule has 6 nitrogen and oxygen atoms in total. The van der Waals surface area contributed by atoms with Gasteiger partial charge >= 0.3 is 12.1 Å². The van der Waals surface area contributed by atoms with Crippen LogP contribution in [0.3, 0.4) is 0 Å². The molecule has 6 heteroatoms. The lowest BCUT2D eigenvalue weighted by Gasteiger charge is -2.38. The number of benzene rings is 1. The van der Waals surface area contributed by atoms with Gasteiger partial charge in [0.2, 0.25) is 0 Å². The molecule has 1 N–H and O–H groups in total. The molecule has 1 aliphatic heterocycles. The zero-order valence-electron chi connectivity index (χ0n) is 16.2. The Morgan fingerprint density at radius 3 is 2.42 bits per heavy atom. The van der Waals surface area contributed by atoms with Gasteiger partial charge in [0.1, 0.15) is 5.60 Å². The first-order chi connectivity index (χ1) is 12.0. The van der Waals surface area contributed by atoms with E-state index in [1.54, 1.807) is 20.8 Å². The minimum absolute atomic E-state index is 0.231. The fourth-order valence-corrected chi connectivity index (χ4v) is 3.49. The van der Waals surface area contributed by atoms with Crippen LogP contribution >= 0.6 is 0 Å². The van der Waals surface area contributed by atoms with Gasteiger partial charge in [-0.1, -0.05) is 44.2 Å². The molecule has 1 aliphatic rings. The Balaban J connectivity index is 2.41. The Morgan fingerprint density at radius 1 is 1.31 bits per heavy atom. The molecule has 2 rings (SSSR count). The van der Waals surface area contributed by atoms with Crippen LogP contribution in [0.2, 0.25) is 0 Å². The SMILES string of the molecule is CC(C)C[C@]1(Cc2ccccc2)C[C@H](C(=O)O)ON1C(=O)OC(C)(C)C. The maximum atomic E-state index is 12.8. The highest BCUT2D eigenvalue weighted by molar-refractivity contribution is 5.75. The number of nitrogens with zero attached hydrogens (tertiary/aromatic N) is 1. The summed E-state index contributed by atoms with van der Waals surface area (Å²) in [6, 6.07) is 9.74. The van der Waals surface area contributed by atoms with Crippen LogP contribution in [-0.2, 0) is 20.8 Å². The van der Waals surface area contributed by atoms with E-state index in [0.717, 1.165) is 5.56 Å². The number of carboxylic acids is 1. The van der Waals surface area contributed by atoms with Gasteiger partial charge in [0.15, 0.2) is 6.10 Å². The lowest BCUT2D eigenvalue weighted by atomic mass is 9.79. The van der Waals surface area contributed by atoms with E-state index >= 15 is 0 Å². The summed E-state index contributed by atoms with van der Waals surface area (Å²) >= 11 is 0. The molecule has 1 fully saturated rings. The highest BCUT2D eigenvalue weighted by Gasteiger charge is 2.53. The summed E-state index contributed by atoms with van der Waals surface area (Å²) in [5.74, 6) is -0.822. The molecular weight excluding hydrogens is 334 g/mol. The van der Waals surface area contributed by atoms with E-state index in [2.05, 4.69) is 0 Å². The number of rotatable bonds is 5. The van der Waals surface area contributed by atoms with E-state index in [1.165, 1.54) is 5.06 Å². The lowest BCUT2D eigenvalue weighted by molar-refractivity contribution is -0.188. The highest BCUT2D eigenvalue weighted by Crippen LogP contribution is 2.40. The van der Waals surface area contributed by atoms with Crippen LogP contribution in [0.15, 0.2) is 30.3 Å². The predicted molar refractivity (Wildman–Crippen MR) is 97.5 cm³/mol. The van der Waals surface area contributed by atoms with Gasteiger partial charge in [-0.25, -0.2) is 9.59 Å². The van der Waals surface area contributed by atoms with Crippen molar-refractivity contribution in [2.45, 2.75) is 71.1 Å². The van der Waals surface area contributed by atoms with Crippen LogP contribution in [0.4, 0.5) is 4.79 Å². The Labute approximate surface area is 155 Å².